The molecule has 0 radical (unpaired) electrons. The molecule has 2 fully saturated rings. The van der Waals surface area contributed by atoms with Crippen molar-refractivity contribution >= 4 is 33.6 Å². The summed E-state index contributed by atoms with van der Waals surface area (Å²) in [6, 6.07) is 20.5. The van der Waals surface area contributed by atoms with Gasteiger partial charge in [0.1, 0.15) is 24.1 Å². The lowest BCUT2D eigenvalue weighted by Crippen LogP contribution is -2.54. The van der Waals surface area contributed by atoms with Crippen molar-refractivity contribution in [2.24, 2.45) is 0 Å². The number of nitrogens with zero attached hydrogens (tertiary/aromatic N) is 5. The van der Waals surface area contributed by atoms with Crippen molar-refractivity contribution in [2.45, 2.75) is 31.7 Å². The highest BCUT2D eigenvalue weighted by molar-refractivity contribution is 5.86. The number of likely N-dealkylation sites (tertiary alicyclic amines) is 1. The van der Waals surface area contributed by atoms with E-state index < -0.39 is 0 Å². The largest absolute Gasteiger partial charge is 0.445 e. The monoisotopic (exact) mass is 551 g/mol. The molecule has 2 saturated heterocycles. The van der Waals surface area contributed by atoms with Gasteiger partial charge in [-0.25, -0.2) is 19.2 Å². The van der Waals surface area contributed by atoms with Crippen LogP contribution in [0.2, 0.25) is 0 Å². The molecule has 8 nitrogen and oxygen atoms in total. The van der Waals surface area contributed by atoms with Crippen LogP contribution in [0.5, 0.6) is 0 Å². The van der Waals surface area contributed by atoms with Crippen LogP contribution in [0.25, 0.3) is 27.5 Å². The van der Waals surface area contributed by atoms with Crippen LogP contribution in [-0.2, 0) is 16.1 Å². The zero-order valence-electron chi connectivity index (χ0n) is 22.5. The van der Waals surface area contributed by atoms with Crippen LogP contribution in [-0.4, -0.2) is 63.9 Å². The van der Waals surface area contributed by atoms with Gasteiger partial charge in [-0.2, -0.15) is 0 Å². The molecule has 3 aromatic heterocycles. The van der Waals surface area contributed by atoms with Gasteiger partial charge >= 0.3 is 6.09 Å². The first-order chi connectivity index (χ1) is 20.1. The molecule has 9 heteroatoms. The van der Waals surface area contributed by atoms with Crippen LogP contribution in [0.4, 0.5) is 15.0 Å². The van der Waals surface area contributed by atoms with Crippen LogP contribution in [0.15, 0.2) is 85.3 Å². The minimum atomic E-state index is -0.264. The third-order valence-electron chi connectivity index (χ3n) is 7.94. The molecular formula is C32H30FN5O3. The maximum absolute atomic E-state index is 13.7. The van der Waals surface area contributed by atoms with Gasteiger partial charge in [0.2, 0.25) is 0 Å². The van der Waals surface area contributed by atoms with Gasteiger partial charge in [0, 0.05) is 49.3 Å². The highest BCUT2D eigenvalue weighted by atomic mass is 19.1. The summed E-state index contributed by atoms with van der Waals surface area (Å²) in [4.78, 5) is 25.7. The van der Waals surface area contributed by atoms with Crippen LogP contribution in [0.1, 0.15) is 18.4 Å². The summed E-state index contributed by atoms with van der Waals surface area (Å²) in [5.74, 6) is 1.38. The summed E-state index contributed by atoms with van der Waals surface area (Å²) >= 11 is 0. The molecule has 0 spiro atoms. The zero-order valence-corrected chi connectivity index (χ0v) is 22.5. The van der Waals surface area contributed by atoms with Crippen molar-refractivity contribution < 1.29 is 18.7 Å². The predicted octanol–water partition coefficient (Wildman–Crippen LogP) is 5.72. The Bertz CT molecular complexity index is 1690. The van der Waals surface area contributed by atoms with Gasteiger partial charge in [0.25, 0.3) is 0 Å². The van der Waals surface area contributed by atoms with Crippen LogP contribution in [0, 0.1) is 5.82 Å². The number of piperidine rings is 1. The molecule has 0 aliphatic carbocycles. The van der Waals surface area contributed by atoms with Crippen molar-refractivity contribution in [3.05, 3.63) is 96.7 Å². The lowest BCUT2D eigenvalue weighted by molar-refractivity contribution is -0.0517. The second kappa shape index (κ2) is 10.8. The molecule has 1 amide bonds. The minimum absolute atomic E-state index is 0.146. The third-order valence-corrected chi connectivity index (χ3v) is 7.94. The highest BCUT2D eigenvalue weighted by Gasteiger charge is 2.33. The number of ether oxygens (including phenoxy) is 2. The van der Waals surface area contributed by atoms with E-state index in [1.165, 1.54) is 12.1 Å². The number of rotatable bonds is 6. The summed E-state index contributed by atoms with van der Waals surface area (Å²) in [6.45, 7) is 3.16. The van der Waals surface area contributed by atoms with Gasteiger partial charge < -0.3 is 19.3 Å². The normalized spacial score (nSPS) is 16.3. The second-order valence-corrected chi connectivity index (χ2v) is 10.7. The van der Waals surface area contributed by atoms with E-state index in [0.717, 1.165) is 64.8 Å². The lowest BCUT2D eigenvalue weighted by atomic mass is 10.1. The summed E-state index contributed by atoms with van der Waals surface area (Å²) in [5.41, 5.74) is 1.93. The third kappa shape index (κ3) is 5.32. The van der Waals surface area contributed by atoms with Gasteiger partial charge in [-0.05, 0) is 60.2 Å². The average molecular weight is 552 g/mol. The van der Waals surface area contributed by atoms with E-state index in [0.29, 0.717) is 19.7 Å². The fourth-order valence-corrected chi connectivity index (χ4v) is 5.60. The van der Waals surface area contributed by atoms with E-state index in [9.17, 15) is 9.18 Å². The van der Waals surface area contributed by atoms with Crippen LogP contribution >= 0.6 is 0 Å². The zero-order chi connectivity index (χ0) is 27.8. The quantitative estimate of drug-likeness (QED) is 0.269. The molecule has 2 aromatic carbocycles. The fraction of sp³-hybridized carbons (Fsp3) is 0.281. The number of pyridine rings is 2. The summed E-state index contributed by atoms with van der Waals surface area (Å²) < 4.78 is 27.5. The first kappa shape index (κ1) is 25.5. The molecule has 0 saturated carbocycles. The van der Waals surface area contributed by atoms with E-state index in [1.807, 2.05) is 59.4 Å². The maximum atomic E-state index is 13.7. The Labute approximate surface area is 236 Å². The Balaban J connectivity index is 0.914. The summed E-state index contributed by atoms with van der Waals surface area (Å²) in [6.07, 6.45) is 7.25. The van der Waals surface area contributed by atoms with Gasteiger partial charge in [-0.15, -0.1) is 0 Å². The Kier molecular flexibility index (Phi) is 6.72. The van der Waals surface area contributed by atoms with Gasteiger partial charge in [-0.3, -0.25) is 4.57 Å². The predicted molar refractivity (Wildman–Crippen MR) is 155 cm³/mol. The molecule has 5 heterocycles. The van der Waals surface area contributed by atoms with E-state index in [4.69, 9.17) is 14.5 Å². The number of hydrogen-bond donors (Lipinski definition) is 0. The number of hydrogen-bond acceptors (Lipinski definition) is 6. The molecule has 41 heavy (non-hydrogen) atoms. The SMILES string of the molecule is O=C(OCc1ccccc1)N1CCC(OC2CN(c3cc4ccn(-c5cc6cc(F)ccc6cn5)c4cn3)C2)CC1. The number of fused-ring (bicyclic) bond motifs is 2. The summed E-state index contributed by atoms with van der Waals surface area (Å²) in [7, 11) is 0. The van der Waals surface area contributed by atoms with Crippen molar-refractivity contribution in [2.75, 3.05) is 31.1 Å². The van der Waals surface area contributed by atoms with Crippen LogP contribution in [0.3, 0.4) is 0 Å². The molecule has 2 aliphatic heterocycles. The molecule has 208 valence electrons. The van der Waals surface area contributed by atoms with Gasteiger partial charge in [0.05, 0.1) is 23.9 Å². The Morgan fingerprint density at radius 1 is 0.854 bits per heavy atom. The number of aromatic nitrogens is 3. The first-order valence-corrected chi connectivity index (χ1v) is 14.0. The van der Waals surface area contributed by atoms with Gasteiger partial charge in [-0.1, -0.05) is 30.3 Å². The Morgan fingerprint density at radius 2 is 1.63 bits per heavy atom. The molecular weight excluding hydrogens is 521 g/mol. The number of amides is 1. The number of carbonyl (C=O) groups excluding carboxylic acids is 1. The molecule has 0 N–H and O–H groups in total. The van der Waals surface area contributed by atoms with Crippen molar-refractivity contribution in [1.82, 2.24) is 19.4 Å². The molecule has 7 rings (SSSR count). The van der Waals surface area contributed by atoms with Crippen molar-refractivity contribution in [3.8, 4) is 5.82 Å². The number of benzene rings is 2. The molecule has 0 bridgehead atoms. The second-order valence-electron chi connectivity index (χ2n) is 10.7. The molecule has 0 atom stereocenters. The molecule has 2 aliphatic rings. The fourth-order valence-electron chi connectivity index (χ4n) is 5.60. The Hall–Kier alpha value is -4.50. The Morgan fingerprint density at radius 3 is 2.46 bits per heavy atom. The van der Waals surface area contributed by atoms with Crippen molar-refractivity contribution in [3.63, 3.8) is 0 Å². The number of carbonyl (C=O) groups is 1. The van der Waals surface area contributed by atoms with Crippen LogP contribution < -0.4 is 4.90 Å². The summed E-state index contributed by atoms with van der Waals surface area (Å²) in [5, 5.41) is 2.77. The molecule has 0 unspecified atom stereocenters. The average Bonchev–Trinajstić information content (AvgIpc) is 3.41. The number of anilines is 1. The van der Waals surface area contributed by atoms with Crippen molar-refractivity contribution in [1.29, 1.82) is 0 Å². The smallest absolute Gasteiger partial charge is 0.410 e. The minimum Gasteiger partial charge on any atom is -0.445 e. The first-order valence-electron chi connectivity index (χ1n) is 14.0. The lowest BCUT2D eigenvalue weighted by Gasteiger charge is -2.42. The maximum Gasteiger partial charge on any atom is 0.410 e. The van der Waals surface area contributed by atoms with E-state index >= 15 is 0 Å². The van der Waals surface area contributed by atoms with E-state index in [-0.39, 0.29) is 24.1 Å². The number of halogens is 1. The topological polar surface area (TPSA) is 72.7 Å². The standard InChI is InChI=1S/C32H30FN5O3/c33-26-7-6-24-17-34-31(16-25(24)14-26)38-13-8-23-15-30(35-18-29(23)38)37-19-28(20-37)41-27-9-11-36(12-10-27)32(39)40-21-22-4-2-1-3-5-22/h1-8,13-18,27-28H,9-12,19-21H2. The highest BCUT2D eigenvalue weighted by Crippen LogP contribution is 2.28. The molecule has 5 aromatic rings. The van der Waals surface area contributed by atoms with E-state index in [1.54, 1.807) is 17.2 Å². The van der Waals surface area contributed by atoms with Gasteiger partial charge in [0.15, 0.2) is 0 Å². The van der Waals surface area contributed by atoms with E-state index in [2.05, 4.69) is 16.0 Å².